The highest BCUT2D eigenvalue weighted by molar-refractivity contribution is 14.2. The number of carbonyl (C=O) groups is 1. The van der Waals surface area contributed by atoms with Gasteiger partial charge in [0.15, 0.2) is 5.75 Å². The fourth-order valence-corrected chi connectivity index (χ4v) is 13.7. The van der Waals surface area contributed by atoms with Gasteiger partial charge in [-0.25, -0.2) is 14.2 Å². The van der Waals surface area contributed by atoms with Crippen molar-refractivity contribution in [2.45, 2.75) is 127 Å². The van der Waals surface area contributed by atoms with Crippen molar-refractivity contribution in [1.29, 1.82) is 0 Å². The van der Waals surface area contributed by atoms with E-state index in [9.17, 15) is 34.2 Å². The van der Waals surface area contributed by atoms with Crippen molar-refractivity contribution in [3.63, 3.8) is 0 Å². The van der Waals surface area contributed by atoms with Gasteiger partial charge in [0.25, 0.3) is 5.56 Å². The van der Waals surface area contributed by atoms with E-state index in [4.69, 9.17) is 60.3 Å². The smallest absolute Gasteiger partial charge is 0.337 e. The topological polar surface area (TPSA) is 361 Å². The number of ether oxygens (including phenoxy) is 7. The molecule has 0 spiro atoms. The fourth-order valence-electron chi connectivity index (χ4n) is 13.5. The molecule has 0 bridgehead atoms. The second kappa shape index (κ2) is 64.5. The molecule has 5 fully saturated rings. The van der Waals surface area contributed by atoms with E-state index in [-0.39, 0.29) is 53.8 Å². The van der Waals surface area contributed by atoms with Gasteiger partial charge in [-0.15, -0.1) is 12.4 Å². The van der Waals surface area contributed by atoms with E-state index < -0.39 is 21.6 Å². The van der Waals surface area contributed by atoms with Gasteiger partial charge in [-0.2, -0.15) is 0 Å². The van der Waals surface area contributed by atoms with Crippen LogP contribution in [0.5, 0.6) is 40.2 Å². The lowest BCUT2D eigenvalue weighted by molar-refractivity contribution is -0.385. The Kier molecular flexibility index (Phi) is 59.6. The fraction of sp³-hybridized carbons (Fsp3) is 0.562. The number of alkyl halides is 3. The lowest BCUT2D eigenvalue weighted by Crippen LogP contribution is -2.23. The molecule has 0 radical (unpaired) electrons. The van der Waals surface area contributed by atoms with E-state index in [2.05, 4.69) is 130 Å². The van der Waals surface area contributed by atoms with E-state index in [1.165, 1.54) is 120 Å². The molecule has 5 aliphatic heterocycles. The van der Waals surface area contributed by atoms with E-state index in [1.807, 2.05) is 75.4 Å². The number of aliphatic hydroxyl groups excluding tert-OH is 3. The number of aromatic carboxylic acids is 1. The predicted molar refractivity (Wildman–Crippen MR) is 513 cm³/mol. The number of aryl methyl sites for hydroxylation is 3. The molecular weight excluding hydrogens is 1880 g/mol. The van der Waals surface area contributed by atoms with Gasteiger partial charge in [-0.05, 0) is 215 Å². The highest BCUT2D eigenvalue weighted by Gasteiger charge is 2.23. The summed E-state index contributed by atoms with van der Waals surface area (Å²) in [5.74, 6) is 6.92. The Bertz CT molecular complexity index is 4160. The number of nitro groups is 2. The van der Waals surface area contributed by atoms with Gasteiger partial charge in [0.2, 0.25) is 5.75 Å². The number of anilines is 2. The highest BCUT2D eigenvalue weighted by atomic mass is 127. The summed E-state index contributed by atoms with van der Waals surface area (Å²) in [7, 11) is 6.89. The Morgan fingerprint density at radius 3 is 1.34 bits per heavy atom. The number of nitro benzene ring substituents is 2. The summed E-state index contributed by atoms with van der Waals surface area (Å²) in [6, 6.07) is 29.5. The molecule has 12 rings (SSSR count). The van der Waals surface area contributed by atoms with Crippen LogP contribution in [0, 0.1) is 76.4 Å². The first-order valence-corrected chi connectivity index (χ1v) is 45.1. The van der Waals surface area contributed by atoms with Crippen LogP contribution in [0.25, 0.3) is 16.6 Å². The Morgan fingerprint density at radius 2 is 0.967 bits per heavy atom. The minimum Gasteiger partial charge on any atom is -0.494 e. The first kappa shape index (κ1) is 113. The Balaban J connectivity index is 0.000000728. The number of halogens is 5. The number of aromatic nitrogens is 2. The molecule has 1 aromatic heterocycles. The van der Waals surface area contributed by atoms with E-state index >= 15 is 0 Å². The number of nitrogens with two attached hydrogens (primary N) is 2. The number of nitrogens with zero attached hydrogens (tertiary/aromatic N) is 8. The van der Waals surface area contributed by atoms with Crippen LogP contribution in [0.2, 0.25) is 0 Å². The second-order valence-corrected chi connectivity index (χ2v) is 35.3. The van der Waals surface area contributed by atoms with Crippen LogP contribution in [-0.2, 0) is 0 Å². The van der Waals surface area contributed by atoms with Gasteiger partial charge in [-0.1, -0.05) is 126 Å². The first-order valence-electron chi connectivity index (χ1n) is 40.9. The third-order valence-electron chi connectivity index (χ3n) is 19.8. The number of rotatable bonds is 28. The van der Waals surface area contributed by atoms with Gasteiger partial charge in [0.05, 0.1) is 88.4 Å². The van der Waals surface area contributed by atoms with Gasteiger partial charge < -0.3 is 90.0 Å². The third-order valence-corrected chi connectivity index (χ3v) is 20.4. The molecule has 5 aliphatic rings. The number of hydrogen-bond donors (Lipinski definition) is 7. The number of aliphatic hydroxyl groups is 3. The number of carboxylic acid groups (broad SMARTS) is 1. The van der Waals surface area contributed by atoms with Crippen molar-refractivity contribution in [2.24, 2.45) is 29.6 Å². The molecule has 686 valence electrons. The van der Waals surface area contributed by atoms with Gasteiger partial charge in [0, 0.05) is 120 Å². The molecule has 122 heavy (non-hydrogen) atoms. The molecule has 0 saturated carbocycles. The van der Waals surface area contributed by atoms with Crippen LogP contribution in [0.1, 0.15) is 134 Å². The largest absolute Gasteiger partial charge is 0.494 e. The number of fused-ring (bicyclic) bond motifs is 1. The van der Waals surface area contributed by atoms with Crippen molar-refractivity contribution >= 4 is 113 Å². The number of nitrogen functional groups attached to an aromatic ring is 2. The Hall–Kier alpha value is -7.23. The summed E-state index contributed by atoms with van der Waals surface area (Å²) in [5.41, 5.74) is 15.2. The standard InChI is InChI=1S/C25H31N3O3.C15H22N2O4.C15H24N2O2.C8H9NO2.C8H17NO.C7H6FNO3.C5H11N.C3H7BrO.CH2I2.CH4O.CH4.ClH/c1-17-6-8-22-21(14-17)25(29)28(19(3)26-22)23-9-7-20(15-24(23)30-4)31-13-5-11-27-12-10-18(2)16-27;1-12-6-8-16(11-12)7-3-9-21-13-4-5-14(17(18)19)15(10-13)20-2;1-12-6-8-17(11-12)7-3-9-19-13-4-5-14(16)15(10-13)18-2;1-5-2-3-7(9)6(4-5)8(10)11;1-8-3-5-9(7-8)4-2-6-10;1-12-7-4-5(8)2-3-6(7)9(10)11;1-5-2-3-6-4-5;4-2-1-3-5;2-1-3;1-2;;/h6-9,14-15,18H,5,10-13,16H2,1-4H3;4-5,10,12H,3,6-9,11H2,1-2H3;4-5,10,12H,3,6-9,11,16H2,1-2H3;2-4H,9H2,1H3,(H,10,11);8,10H,2-7H2,1H3;2-4H,1H3;5-6H,2-4H2,1H3;5H,1-3H2;1H2;2H,1H3;1H4;1H. The van der Waals surface area contributed by atoms with Crippen LogP contribution in [0.3, 0.4) is 0 Å². The molecule has 28 nitrogen and oxygen atoms in total. The van der Waals surface area contributed by atoms with Crippen molar-refractivity contribution in [2.75, 3.05) is 179 Å². The summed E-state index contributed by atoms with van der Waals surface area (Å²) in [6.45, 7) is 36.2. The SMILES string of the molecule is C.CC1CCN(CCCO)C1.CC1CCNC1.CO.COc1cc(F)ccc1[N+](=O)[O-].COc1cc(OCCCN2CCC(C)C2)ccc1-n1c(C)nc2ccc(C)cc2c1=O.COc1cc(OCCCN2CCC(C)C2)ccc1N.COc1cc(OCCCN2CCC(C)C2)ccc1[N+](=O)[O-].Cc1ccc(N)c(C(=O)O)c1.Cl.ICI.OCCCBr. The molecular formula is C89H138BrClFI2N11O17. The number of likely N-dealkylation sites (tertiary alicyclic amines) is 4. The third kappa shape index (κ3) is 43.1. The molecule has 33 heteroatoms. The van der Waals surface area contributed by atoms with Gasteiger partial charge in [-0.3, -0.25) is 29.6 Å². The summed E-state index contributed by atoms with van der Waals surface area (Å²) in [6.07, 6.45) is 11.4. The molecule has 5 unspecified atom stereocenters. The molecule has 9 N–H and O–H groups in total. The van der Waals surface area contributed by atoms with Crippen molar-refractivity contribution < 1.29 is 72.6 Å². The maximum atomic E-state index is 13.2. The predicted octanol–water partition coefficient (Wildman–Crippen LogP) is 16.8. The number of hydrogen-bond acceptors (Lipinski definition) is 24. The minimum atomic E-state index is -0.980. The molecule has 0 amide bonds. The molecule has 0 aliphatic carbocycles. The zero-order valence-electron chi connectivity index (χ0n) is 72.9. The van der Waals surface area contributed by atoms with E-state index in [0.717, 1.165) is 148 Å². The summed E-state index contributed by atoms with van der Waals surface area (Å²) < 4.78 is 53.0. The van der Waals surface area contributed by atoms with Crippen molar-refractivity contribution in [3.8, 4) is 45.9 Å². The zero-order valence-corrected chi connectivity index (χ0v) is 79.7. The van der Waals surface area contributed by atoms with E-state index in [1.54, 1.807) is 49.1 Å². The molecule has 5 saturated heterocycles. The van der Waals surface area contributed by atoms with Crippen molar-refractivity contribution in [3.05, 3.63) is 168 Å². The monoisotopic (exact) mass is 2020 g/mol. The highest BCUT2D eigenvalue weighted by Crippen LogP contribution is 2.33. The number of carboxylic acids is 1. The lowest BCUT2D eigenvalue weighted by atomic mass is 10.1. The van der Waals surface area contributed by atoms with Crippen LogP contribution in [-0.4, -0.2) is 233 Å². The normalized spacial score (nSPS) is 16.8. The molecule has 6 aromatic carbocycles. The maximum Gasteiger partial charge on any atom is 0.337 e. The first-order chi connectivity index (χ1) is 57.5. The maximum absolute atomic E-state index is 13.2. The second-order valence-electron chi connectivity index (χ2n) is 30.0. The van der Waals surface area contributed by atoms with Crippen LogP contribution < -0.4 is 55.5 Å². The quantitative estimate of drug-likeness (QED) is 0.00598. The summed E-state index contributed by atoms with van der Waals surface area (Å²) in [5, 5.41) is 58.1. The number of nitrogens with one attached hydrogen (secondary N) is 1. The molecule has 7 aromatic rings. The summed E-state index contributed by atoms with van der Waals surface area (Å²) >= 11 is 7.70. The molecule has 6 heterocycles. The van der Waals surface area contributed by atoms with Crippen LogP contribution in [0.4, 0.5) is 27.1 Å². The Morgan fingerprint density at radius 1 is 0.566 bits per heavy atom. The number of benzene rings is 6. The number of methoxy groups -OCH3 is 4. The average Bonchev–Trinajstić information content (AvgIpc) is 1.04. The summed E-state index contributed by atoms with van der Waals surface area (Å²) in [4.78, 5) is 58.3. The minimum absolute atomic E-state index is 0. The van der Waals surface area contributed by atoms with Crippen molar-refractivity contribution in [1.82, 2.24) is 34.5 Å². The van der Waals surface area contributed by atoms with Gasteiger partial charge in [0.1, 0.15) is 40.4 Å². The lowest BCUT2D eigenvalue weighted by Gasteiger charge is -2.17. The van der Waals surface area contributed by atoms with Gasteiger partial charge >= 0.3 is 17.3 Å². The average molecular weight is 2020 g/mol. The van der Waals surface area contributed by atoms with Crippen LogP contribution in [0.15, 0.2) is 114 Å². The van der Waals surface area contributed by atoms with Crippen LogP contribution >= 0.6 is 73.5 Å². The Labute approximate surface area is 764 Å². The molecule has 5 atom stereocenters. The van der Waals surface area contributed by atoms with E-state index in [0.29, 0.717) is 77.5 Å². The zero-order chi connectivity index (χ0) is 89.1.